The second-order valence-corrected chi connectivity index (χ2v) is 5.16. The molecule has 0 spiro atoms. The van der Waals surface area contributed by atoms with E-state index in [1.807, 2.05) is 19.1 Å². The van der Waals surface area contributed by atoms with Crippen molar-refractivity contribution in [3.63, 3.8) is 0 Å². The van der Waals surface area contributed by atoms with E-state index < -0.39 is 0 Å². The fraction of sp³-hybridized carbons (Fsp3) is 0.214. The van der Waals surface area contributed by atoms with Gasteiger partial charge in [0, 0.05) is 18.2 Å². The van der Waals surface area contributed by atoms with Crippen molar-refractivity contribution in [1.29, 1.82) is 0 Å². The van der Waals surface area contributed by atoms with Crippen molar-refractivity contribution in [1.82, 2.24) is 5.32 Å². The fourth-order valence-corrected chi connectivity index (χ4v) is 2.25. The smallest absolute Gasteiger partial charge is 0.252 e. The van der Waals surface area contributed by atoms with E-state index in [9.17, 15) is 4.79 Å². The number of hydrogen-bond acceptors (Lipinski definition) is 3. The van der Waals surface area contributed by atoms with Crippen LogP contribution in [0.4, 0.5) is 5.69 Å². The minimum atomic E-state index is -0.154. The molecule has 100 valence electrons. The summed E-state index contributed by atoms with van der Waals surface area (Å²) in [5.74, 6) is 0.692. The van der Waals surface area contributed by atoms with Crippen LogP contribution in [0.3, 0.4) is 0 Å². The lowest BCUT2D eigenvalue weighted by atomic mass is 10.1. The molecule has 0 fully saturated rings. The van der Waals surface area contributed by atoms with Crippen LogP contribution in [0, 0.1) is 0 Å². The number of nitrogens with two attached hydrogens (primary N) is 1. The number of carbonyl (C=O) groups is 1. The quantitative estimate of drug-likeness (QED) is 0.850. The second-order valence-electron chi connectivity index (χ2n) is 4.37. The van der Waals surface area contributed by atoms with E-state index in [2.05, 4.69) is 21.2 Å². The van der Waals surface area contributed by atoms with Crippen LogP contribution in [-0.2, 0) is 6.42 Å². The van der Waals surface area contributed by atoms with E-state index in [1.165, 1.54) is 0 Å². The largest absolute Gasteiger partial charge is 0.469 e. The number of rotatable bonds is 4. The van der Waals surface area contributed by atoms with Crippen LogP contribution < -0.4 is 11.1 Å². The summed E-state index contributed by atoms with van der Waals surface area (Å²) in [5, 5.41) is 2.92. The molecule has 1 atom stereocenters. The lowest BCUT2D eigenvalue weighted by Gasteiger charge is -2.14. The van der Waals surface area contributed by atoms with Gasteiger partial charge in [-0.1, -0.05) is 6.07 Å². The molecule has 1 heterocycles. The van der Waals surface area contributed by atoms with Gasteiger partial charge < -0.3 is 15.5 Å². The van der Waals surface area contributed by atoms with Crippen molar-refractivity contribution in [2.75, 3.05) is 5.73 Å². The van der Waals surface area contributed by atoms with E-state index >= 15 is 0 Å². The van der Waals surface area contributed by atoms with E-state index in [-0.39, 0.29) is 11.9 Å². The Morgan fingerprint density at radius 1 is 1.42 bits per heavy atom. The second kappa shape index (κ2) is 5.93. The summed E-state index contributed by atoms with van der Waals surface area (Å²) < 4.78 is 5.88. The maximum atomic E-state index is 12.1. The number of amides is 1. The molecule has 0 saturated heterocycles. The van der Waals surface area contributed by atoms with Crippen LogP contribution in [0.5, 0.6) is 0 Å². The lowest BCUT2D eigenvalue weighted by molar-refractivity contribution is 0.0938. The molecule has 0 bridgehead atoms. The first-order chi connectivity index (χ1) is 9.08. The molecule has 0 aliphatic rings. The fourth-order valence-electron chi connectivity index (χ4n) is 1.81. The van der Waals surface area contributed by atoms with Crippen molar-refractivity contribution in [2.45, 2.75) is 19.4 Å². The number of carbonyl (C=O) groups excluding carboxylic acids is 1. The summed E-state index contributed by atoms with van der Waals surface area (Å²) in [6.45, 7) is 1.93. The Kier molecular flexibility index (Phi) is 4.27. The summed E-state index contributed by atoms with van der Waals surface area (Å²) in [6, 6.07) is 8.93. The van der Waals surface area contributed by atoms with Crippen LogP contribution in [0.2, 0.25) is 0 Å². The number of nitrogen functional groups attached to an aromatic ring is 1. The third-order valence-electron chi connectivity index (χ3n) is 2.74. The zero-order valence-corrected chi connectivity index (χ0v) is 12.1. The zero-order chi connectivity index (χ0) is 13.8. The molecule has 1 aromatic carbocycles. The van der Waals surface area contributed by atoms with Gasteiger partial charge in [-0.3, -0.25) is 4.79 Å². The minimum Gasteiger partial charge on any atom is -0.469 e. The van der Waals surface area contributed by atoms with Crippen molar-refractivity contribution in [2.24, 2.45) is 0 Å². The van der Waals surface area contributed by atoms with Gasteiger partial charge in [-0.05, 0) is 47.1 Å². The average Bonchev–Trinajstić information content (AvgIpc) is 2.85. The van der Waals surface area contributed by atoms with Gasteiger partial charge >= 0.3 is 0 Å². The van der Waals surface area contributed by atoms with Gasteiger partial charge in [0.1, 0.15) is 5.76 Å². The van der Waals surface area contributed by atoms with Gasteiger partial charge in [-0.25, -0.2) is 0 Å². The maximum absolute atomic E-state index is 12.1. The molecule has 0 aliphatic heterocycles. The Hall–Kier alpha value is -1.75. The summed E-state index contributed by atoms with van der Waals surface area (Å²) in [4.78, 5) is 12.1. The zero-order valence-electron chi connectivity index (χ0n) is 10.5. The molecule has 2 rings (SSSR count). The number of nitrogens with one attached hydrogen (secondary N) is 1. The number of furan rings is 1. The van der Waals surface area contributed by atoms with E-state index in [1.54, 1.807) is 24.5 Å². The van der Waals surface area contributed by atoms with Crippen LogP contribution in [-0.4, -0.2) is 11.9 Å². The summed E-state index contributed by atoms with van der Waals surface area (Å²) in [7, 11) is 0. The highest BCUT2D eigenvalue weighted by atomic mass is 79.9. The topological polar surface area (TPSA) is 68.3 Å². The average molecular weight is 323 g/mol. The van der Waals surface area contributed by atoms with Crippen LogP contribution in [0.25, 0.3) is 0 Å². The normalized spacial score (nSPS) is 12.1. The molecule has 1 aromatic heterocycles. The van der Waals surface area contributed by atoms with Gasteiger partial charge in [-0.2, -0.15) is 0 Å². The first kappa shape index (κ1) is 13.7. The molecule has 19 heavy (non-hydrogen) atoms. The van der Waals surface area contributed by atoms with E-state index in [4.69, 9.17) is 10.2 Å². The Labute approximate surface area is 120 Å². The molecule has 1 amide bonds. The van der Waals surface area contributed by atoms with Crippen LogP contribution in [0.1, 0.15) is 23.0 Å². The molecule has 0 aliphatic carbocycles. The summed E-state index contributed by atoms with van der Waals surface area (Å²) >= 11 is 3.33. The molecule has 5 heteroatoms. The Bertz CT molecular complexity index is 567. The first-order valence-electron chi connectivity index (χ1n) is 5.95. The molecule has 0 radical (unpaired) electrons. The molecule has 1 unspecified atom stereocenters. The van der Waals surface area contributed by atoms with Gasteiger partial charge in [0.05, 0.1) is 16.3 Å². The number of hydrogen-bond donors (Lipinski definition) is 2. The molecule has 3 N–H and O–H groups in total. The number of anilines is 1. The predicted octanol–water partition coefficient (Wildman–Crippen LogP) is 2.99. The Morgan fingerprint density at radius 3 is 2.89 bits per heavy atom. The maximum Gasteiger partial charge on any atom is 0.252 e. The van der Waals surface area contributed by atoms with Crippen molar-refractivity contribution >= 4 is 27.5 Å². The van der Waals surface area contributed by atoms with E-state index in [0.29, 0.717) is 22.1 Å². The Balaban J connectivity index is 2.02. The van der Waals surface area contributed by atoms with Gasteiger partial charge in [0.2, 0.25) is 0 Å². The van der Waals surface area contributed by atoms with Gasteiger partial charge in [-0.15, -0.1) is 0 Å². The number of halogens is 1. The van der Waals surface area contributed by atoms with Crippen LogP contribution in [0.15, 0.2) is 45.5 Å². The number of benzene rings is 1. The highest BCUT2D eigenvalue weighted by Crippen LogP contribution is 2.23. The third kappa shape index (κ3) is 3.38. The van der Waals surface area contributed by atoms with Crippen molar-refractivity contribution in [3.8, 4) is 0 Å². The minimum absolute atomic E-state index is 0.0213. The first-order valence-corrected chi connectivity index (χ1v) is 6.74. The molecular weight excluding hydrogens is 308 g/mol. The Morgan fingerprint density at radius 2 is 2.21 bits per heavy atom. The standard InChI is InChI=1S/C14H15BrN2O2/c1-9(8-10-4-3-7-19-10)17-14(18)11-5-2-6-12(16)13(11)15/h2-7,9H,8,16H2,1H3,(H,17,18). The molecule has 0 saturated carbocycles. The molecule has 4 nitrogen and oxygen atoms in total. The third-order valence-corrected chi connectivity index (χ3v) is 3.62. The molecule has 2 aromatic rings. The highest BCUT2D eigenvalue weighted by molar-refractivity contribution is 9.10. The SMILES string of the molecule is CC(Cc1ccco1)NC(=O)c1cccc(N)c1Br. The van der Waals surface area contributed by atoms with Gasteiger partial charge in [0.15, 0.2) is 0 Å². The molecular formula is C14H15BrN2O2. The van der Waals surface area contributed by atoms with Crippen molar-refractivity contribution < 1.29 is 9.21 Å². The monoisotopic (exact) mass is 322 g/mol. The summed E-state index contributed by atoms with van der Waals surface area (Å²) in [6.07, 6.45) is 2.27. The summed E-state index contributed by atoms with van der Waals surface area (Å²) in [5.41, 5.74) is 6.84. The van der Waals surface area contributed by atoms with Gasteiger partial charge in [0.25, 0.3) is 5.91 Å². The lowest BCUT2D eigenvalue weighted by Crippen LogP contribution is -2.34. The highest BCUT2D eigenvalue weighted by Gasteiger charge is 2.14. The van der Waals surface area contributed by atoms with Crippen molar-refractivity contribution in [3.05, 3.63) is 52.4 Å². The predicted molar refractivity (Wildman–Crippen MR) is 77.9 cm³/mol. The van der Waals surface area contributed by atoms with E-state index in [0.717, 1.165) is 5.76 Å². The van der Waals surface area contributed by atoms with Crippen LogP contribution >= 0.6 is 15.9 Å².